The minimum atomic E-state index is 0.477. The van der Waals surface area contributed by atoms with Gasteiger partial charge in [-0.1, -0.05) is 25.2 Å². The zero-order chi connectivity index (χ0) is 7.40. The molecular weight excluding hydrogens is 124 g/mol. The lowest BCUT2D eigenvalue weighted by Gasteiger charge is -2.00. The SMILES string of the molecule is COC1=CC(C)C=CC=C1. The number of ether oxygens (including phenoxy) is 1. The van der Waals surface area contributed by atoms with E-state index in [4.69, 9.17) is 4.74 Å². The molecule has 0 fully saturated rings. The summed E-state index contributed by atoms with van der Waals surface area (Å²) in [7, 11) is 1.69. The molecule has 0 spiro atoms. The molecule has 0 aliphatic heterocycles. The Labute approximate surface area is 61.7 Å². The van der Waals surface area contributed by atoms with Gasteiger partial charge in [0.1, 0.15) is 5.76 Å². The molecule has 54 valence electrons. The Kier molecular flexibility index (Phi) is 2.32. The van der Waals surface area contributed by atoms with E-state index in [1.807, 2.05) is 18.2 Å². The van der Waals surface area contributed by atoms with Crippen LogP contribution in [0.1, 0.15) is 6.92 Å². The van der Waals surface area contributed by atoms with Gasteiger partial charge in [0.15, 0.2) is 0 Å². The van der Waals surface area contributed by atoms with E-state index in [9.17, 15) is 0 Å². The van der Waals surface area contributed by atoms with Crippen LogP contribution in [-0.4, -0.2) is 7.11 Å². The molecule has 1 atom stereocenters. The van der Waals surface area contributed by atoms with E-state index in [1.165, 1.54) is 0 Å². The highest BCUT2D eigenvalue weighted by Gasteiger charge is 1.96. The highest BCUT2D eigenvalue weighted by atomic mass is 16.5. The Bertz CT molecular complexity index is 187. The van der Waals surface area contributed by atoms with Crippen LogP contribution >= 0.6 is 0 Å². The Balaban J connectivity index is 2.74. The van der Waals surface area contributed by atoms with Crippen molar-refractivity contribution in [2.24, 2.45) is 5.92 Å². The van der Waals surface area contributed by atoms with Crippen LogP contribution < -0.4 is 0 Å². The third-order valence-electron chi connectivity index (χ3n) is 1.45. The molecule has 1 unspecified atom stereocenters. The van der Waals surface area contributed by atoms with Gasteiger partial charge >= 0.3 is 0 Å². The van der Waals surface area contributed by atoms with Crippen LogP contribution in [0.5, 0.6) is 0 Å². The maximum atomic E-state index is 5.08. The Morgan fingerprint density at radius 2 is 2.20 bits per heavy atom. The van der Waals surface area contributed by atoms with Gasteiger partial charge in [-0.25, -0.2) is 0 Å². The number of rotatable bonds is 1. The summed E-state index contributed by atoms with van der Waals surface area (Å²) in [5.41, 5.74) is 0. The van der Waals surface area contributed by atoms with Gasteiger partial charge in [0.05, 0.1) is 7.11 Å². The number of allylic oxidation sites excluding steroid dienone is 5. The molecule has 0 saturated heterocycles. The highest BCUT2D eigenvalue weighted by molar-refractivity contribution is 5.23. The minimum absolute atomic E-state index is 0.477. The van der Waals surface area contributed by atoms with Crippen molar-refractivity contribution in [3.8, 4) is 0 Å². The summed E-state index contributed by atoms with van der Waals surface area (Å²) in [6, 6.07) is 0. The fourth-order valence-electron chi connectivity index (χ4n) is 0.896. The standard InChI is InChI=1S/C9H12O/c1-8-5-3-4-6-9(7-8)10-2/h3-8H,1-2H3. The molecular formula is C9H12O. The van der Waals surface area contributed by atoms with E-state index in [-0.39, 0.29) is 0 Å². The van der Waals surface area contributed by atoms with Crippen molar-refractivity contribution in [1.29, 1.82) is 0 Å². The largest absolute Gasteiger partial charge is 0.497 e. The summed E-state index contributed by atoms with van der Waals surface area (Å²) in [6.45, 7) is 2.13. The first-order valence-electron chi connectivity index (χ1n) is 3.43. The first kappa shape index (κ1) is 7.13. The van der Waals surface area contributed by atoms with Crippen LogP contribution in [0, 0.1) is 5.92 Å². The van der Waals surface area contributed by atoms with Crippen molar-refractivity contribution in [3.63, 3.8) is 0 Å². The van der Waals surface area contributed by atoms with Crippen LogP contribution in [0.15, 0.2) is 36.1 Å². The van der Waals surface area contributed by atoms with E-state index in [2.05, 4.69) is 19.1 Å². The minimum Gasteiger partial charge on any atom is -0.497 e. The van der Waals surface area contributed by atoms with E-state index >= 15 is 0 Å². The van der Waals surface area contributed by atoms with E-state index in [1.54, 1.807) is 7.11 Å². The van der Waals surface area contributed by atoms with Crippen LogP contribution in [0.3, 0.4) is 0 Å². The van der Waals surface area contributed by atoms with Crippen molar-refractivity contribution in [3.05, 3.63) is 36.1 Å². The van der Waals surface area contributed by atoms with Gasteiger partial charge in [0, 0.05) is 0 Å². The van der Waals surface area contributed by atoms with Crippen molar-refractivity contribution in [2.45, 2.75) is 6.92 Å². The van der Waals surface area contributed by atoms with Crippen LogP contribution in [0.4, 0.5) is 0 Å². The molecule has 1 nitrogen and oxygen atoms in total. The Morgan fingerprint density at radius 1 is 1.40 bits per heavy atom. The van der Waals surface area contributed by atoms with Gasteiger partial charge in [-0.15, -0.1) is 0 Å². The second kappa shape index (κ2) is 3.25. The van der Waals surface area contributed by atoms with Gasteiger partial charge in [-0.2, -0.15) is 0 Å². The summed E-state index contributed by atoms with van der Waals surface area (Å²) in [6.07, 6.45) is 10.2. The third-order valence-corrected chi connectivity index (χ3v) is 1.45. The second-order valence-corrected chi connectivity index (χ2v) is 2.38. The fraction of sp³-hybridized carbons (Fsp3) is 0.333. The predicted octanol–water partition coefficient (Wildman–Crippen LogP) is 2.28. The van der Waals surface area contributed by atoms with E-state index < -0.39 is 0 Å². The topological polar surface area (TPSA) is 9.23 Å². The van der Waals surface area contributed by atoms with Crippen molar-refractivity contribution in [1.82, 2.24) is 0 Å². The average molecular weight is 136 g/mol. The molecule has 1 aliphatic rings. The molecule has 0 saturated carbocycles. The van der Waals surface area contributed by atoms with Crippen LogP contribution in [0.2, 0.25) is 0 Å². The maximum absolute atomic E-state index is 5.08. The van der Waals surface area contributed by atoms with Crippen LogP contribution in [-0.2, 0) is 4.74 Å². The molecule has 10 heavy (non-hydrogen) atoms. The second-order valence-electron chi connectivity index (χ2n) is 2.38. The lowest BCUT2D eigenvalue weighted by molar-refractivity contribution is 0.304. The Morgan fingerprint density at radius 3 is 2.90 bits per heavy atom. The molecule has 1 aliphatic carbocycles. The third kappa shape index (κ3) is 1.76. The van der Waals surface area contributed by atoms with Crippen LogP contribution in [0.25, 0.3) is 0 Å². The predicted molar refractivity (Wildman–Crippen MR) is 42.5 cm³/mol. The van der Waals surface area contributed by atoms with E-state index in [0.29, 0.717) is 5.92 Å². The zero-order valence-electron chi connectivity index (χ0n) is 6.37. The molecule has 0 radical (unpaired) electrons. The molecule has 0 aromatic carbocycles. The van der Waals surface area contributed by atoms with Crippen molar-refractivity contribution in [2.75, 3.05) is 7.11 Å². The first-order valence-corrected chi connectivity index (χ1v) is 3.43. The first-order chi connectivity index (χ1) is 4.83. The monoisotopic (exact) mass is 136 g/mol. The molecule has 0 aromatic rings. The zero-order valence-corrected chi connectivity index (χ0v) is 6.37. The summed E-state index contributed by atoms with van der Waals surface area (Å²) < 4.78 is 5.08. The summed E-state index contributed by atoms with van der Waals surface area (Å²) in [4.78, 5) is 0. The maximum Gasteiger partial charge on any atom is 0.115 e. The molecule has 1 rings (SSSR count). The van der Waals surface area contributed by atoms with Gasteiger partial charge in [0.2, 0.25) is 0 Å². The van der Waals surface area contributed by atoms with E-state index in [0.717, 1.165) is 5.76 Å². The molecule has 0 heterocycles. The summed E-state index contributed by atoms with van der Waals surface area (Å²) >= 11 is 0. The molecule has 1 heteroatoms. The number of methoxy groups -OCH3 is 1. The number of hydrogen-bond acceptors (Lipinski definition) is 1. The molecule has 0 N–H and O–H groups in total. The lowest BCUT2D eigenvalue weighted by Crippen LogP contribution is -1.86. The van der Waals surface area contributed by atoms with Gasteiger partial charge in [-0.05, 0) is 18.1 Å². The van der Waals surface area contributed by atoms with Gasteiger partial charge < -0.3 is 4.74 Å². The van der Waals surface area contributed by atoms with Gasteiger partial charge in [-0.3, -0.25) is 0 Å². The molecule has 0 amide bonds. The fourth-order valence-corrected chi connectivity index (χ4v) is 0.896. The van der Waals surface area contributed by atoms with Crippen molar-refractivity contribution >= 4 is 0 Å². The van der Waals surface area contributed by atoms with Gasteiger partial charge in [0.25, 0.3) is 0 Å². The smallest absolute Gasteiger partial charge is 0.115 e. The summed E-state index contributed by atoms with van der Waals surface area (Å²) in [5.74, 6) is 1.42. The summed E-state index contributed by atoms with van der Waals surface area (Å²) in [5, 5.41) is 0. The molecule has 0 bridgehead atoms. The lowest BCUT2D eigenvalue weighted by atomic mass is 10.1. The average Bonchev–Trinajstić information content (AvgIpc) is 2.13. The number of hydrogen-bond donors (Lipinski definition) is 0. The molecule has 0 aromatic heterocycles. The Hall–Kier alpha value is -0.980. The van der Waals surface area contributed by atoms with Crippen molar-refractivity contribution < 1.29 is 4.74 Å². The highest BCUT2D eigenvalue weighted by Crippen LogP contribution is 2.10. The quantitative estimate of drug-likeness (QED) is 0.537. The normalized spacial score (nSPS) is 23.8.